The Hall–Kier alpha value is -2.00. The number of rotatable bonds is 2. The van der Waals surface area contributed by atoms with Crippen LogP contribution in [0, 0.1) is 0 Å². The Labute approximate surface area is 111 Å². The number of benzene rings is 2. The largest absolute Gasteiger partial charge is 0.343 e. The molecule has 1 N–H and O–H groups in total. The molecule has 0 spiro atoms. The second-order valence-corrected chi connectivity index (χ2v) is 4.62. The van der Waals surface area contributed by atoms with Crippen LogP contribution in [0.3, 0.4) is 0 Å². The SMILES string of the molecule is S=C1N=CC(c2ccccc2)(c2ccccc2)N1. The van der Waals surface area contributed by atoms with E-state index in [1.165, 1.54) is 0 Å². The molecule has 0 aliphatic carbocycles. The van der Waals surface area contributed by atoms with E-state index in [4.69, 9.17) is 12.2 Å². The number of nitrogens with zero attached hydrogens (tertiary/aromatic N) is 1. The molecule has 0 saturated heterocycles. The molecule has 3 heteroatoms. The van der Waals surface area contributed by atoms with Gasteiger partial charge in [0.1, 0.15) is 5.54 Å². The second kappa shape index (κ2) is 4.35. The first-order valence-electron chi connectivity index (χ1n) is 5.80. The number of aliphatic imine (C=N–C) groups is 1. The fourth-order valence-electron chi connectivity index (χ4n) is 2.25. The maximum absolute atomic E-state index is 5.16. The van der Waals surface area contributed by atoms with Crippen molar-refractivity contribution in [3.05, 3.63) is 71.8 Å². The van der Waals surface area contributed by atoms with Crippen molar-refractivity contribution in [2.24, 2.45) is 4.99 Å². The van der Waals surface area contributed by atoms with Gasteiger partial charge in [-0.05, 0) is 23.3 Å². The molecule has 2 nitrogen and oxygen atoms in total. The highest BCUT2D eigenvalue weighted by molar-refractivity contribution is 7.80. The third-order valence-corrected chi connectivity index (χ3v) is 3.35. The van der Waals surface area contributed by atoms with Gasteiger partial charge in [0.25, 0.3) is 0 Å². The topological polar surface area (TPSA) is 24.4 Å². The predicted octanol–water partition coefficient (Wildman–Crippen LogP) is 2.89. The van der Waals surface area contributed by atoms with E-state index in [0.29, 0.717) is 5.11 Å². The van der Waals surface area contributed by atoms with Gasteiger partial charge >= 0.3 is 0 Å². The van der Waals surface area contributed by atoms with Crippen molar-refractivity contribution < 1.29 is 0 Å². The van der Waals surface area contributed by atoms with Gasteiger partial charge in [-0.2, -0.15) is 0 Å². The average Bonchev–Trinajstić information content (AvgIpc) is 2.84. The van der Waals surface area contributed by atoms with E-state index in [0.717, 1.165) is 11.1 Å². The van der Waals surface area contributed by atoms with E-state index in [-0.39, 0.29) is 0 Å². The van der Waals surface area contributed by atoms with Crippen molar-refractivity contribution in [1.29, 1.82) is 0 Å². The summed E-state index contributed by atoms with van der Waals surface area (Å²) in [5.74, 6) is 0. The van der Waals surface area contributed by atoms with Gasteiger partial charge in [-0.15, -0.1) is 0 Å². The quantitative estimate of drug-likeness (QED) is 0.831. The molecule has 0 atom stereocenters. The summed E-state index contributed by atoms with van der Waals surface area (Å²) in [6.45, 7) is 0. The zero-order chi connectivity index (χ0) is 12.4. The summed E-state index contributed by atoms with van der Waals surface area (Å²) >= 11 is 5.16. The Morgan fingerprint density at radius 3 is 1.72 bits per heavy atom. The lowest BCUT2D eigenvalue weighted by molar-refractivity contribution is 0.675. The Morgan fingerprint density at radius 1 is 0.833 bits per heavy atom. The van der Waals surface area contributed by atoms with Crippen molar-refractivity contribution in [2.75, 3.05) is 0 Å². The van der Waals surface area contributed by atoms with E-state index < -0.39 is 5.54 Å². The van der Waals surface area contributed by atoms with Gasteiger partial charge in [0, 0.05) is 6.21 Å². The van der Waals surface area contributed by atoms with E-state index in [9.17, 15) is 0 Å². The third kappa shape index (κ3) is 1.73. The van der Waals surface area contributed by atoms with E-state index >= 15 is 0 Å². The number of thiocarbonyl (C=S) groups is 1. The first-order valence-corrected chi connectivity index (χ1v) is 6.20. The molecule has 0 unspecified atom stereocenters. The third-order valence-electron chi connectivity index (χ3n) is 3.14. The molecule has 0 saturated carbocycles. The van der Waals surface area contributed by atoms with Crippen molar-refractivity contribution in [3.8, 4) is 0 Å². The maximum atomic E-state index is 5.16. The normalized spacial score (nSPS) is 16.6. The van der Waals surface area contributed by atoms with Crippen LogP contribution in [0.15, 0.2) is 65.7 Å². The van der Waals surface area contributed by atoms with Crippen LogP contribution < -0.4 is 5.32 Å². The summed E-state index contributed by atoms with van der Waals surface area (Å²) in [6.07, 6.45) is 1.89. The summed E-state index contributed by atoms with van der Waals surface area (Å²) in [5, 5.41) is 3.84. The van der Waals surface area contributed by atoms with Gasteiger partial charge in [0.2, 0.25) is 0 Å². The minimum Gasteiger partial charge on any atom is -0.343 e. The van der Waals surface area contributed by atoms with Crippen LogP contribution in [-0.2, 0) is 5.54 Å². The molecule has 18 heavy (non-hydrogen) atoms. The molecule has 88 valence electrons. The lowest BCUT2D eigenvalue weighted by atomic mass is 9.84. The summed E-state index contributed by atoms with van der Waals surface area (Å²) in [6, 6.07) is 20.4. The first kappa shape index (κ1) is 11.1. The average molecular weight is 252 g/mol. The van der Waals surface area contributed by atoms with Crippen LogP contribution in [0.2, 0.25) is 0 Å². The molecule has 0 aromatic heterocycles. The summed E-state index contributed by atoms with van der Waals surface area (Å²) < 4.78 is 0. The van der Waals surface area contributed by atoms with E-state index in [1.807, 2.05) is 42.6 Å². The van der Waals surface area contributed by atoms with Crippen molar-refractivity contribution in [3.63, 3.8) is 0 Å². The molecule has 1 heterocycles. The first-order chi connectivity index (χ1) is 8.81. The number of hydrogen-bond acceptors (Lipinski definition) is 1. The Kier molecular flexibility index (Phi) is 2.68. The van der Waals surface area contributed by atoms with Crippen LogP contribution in [0.1, 0.15) is 11.1 Å². The highest BCUT2D eigenvalue weighted by Crippen LogP contribution is 2.30. The van der Waals surface area contributed by atoms with Gasteiger partial charge in [-0.25, -0.2) is 4.99 Å². The molecule has 1 aliphatic rings. The number of nitrogens with one attached hydrogen (secondary N) is 1. The molecule has 3 rings (SSSR count). The van der Waals surface area contributed by atoms with Gasteiger partial charge in [0.15, 0.2) is 5.11 Å². The standard InChI is InChI=1S/C15H12N2S/c18-14-16-11-15(17-14,12-7-3-1-4-8-12)13-9-5-2-6-10-13/h1-11H,(H,17,18). The molecule has 0 amide bonds. The Morgan fingerprint density at radius 2 is 1.33 bits per heavy atom. The van der Waals surface area contributed by atoms with Crippen molar-refractivity contribution >= 4 is 23.5 Å². The van der Waals surface area contributed by atoms with E-state index in [1.54, 1.807) is 0 Å². The lowest BCUT2D eigenvalue weighted by Gasteiger charge is -2.28. The molecule has 2 aromatic rings. The summed E-state index contributed by atoms with van der Waals surface area (Å²) in [4.78, 5) is 4.24. The zero-order valence-corrected chi connectivity index (χ0v) is 10.5. The molecule has 2 aromatic carbocycles. The Balaban J connectivity index is 2.18. The lowest BCUT2D eigenvalue weighted by Crippen LogP contribution is -2.42. The molecule has 0 fully saturated rings. The predicted molar refractivity (Wildman–Crippen MR) is 77.9 cm³/mol. The van der Waals surface area contributed by atoms with Crippen LogP contribution in [0.5, 0.6) is 0 Å². The Bertz CT molecular complexity index is 551. The van der Waals surface area contributed by atoms with Gasteiger partial charge in [-0.1, -0.05) is 60.7 Å². The van der Waals surface area contributed by atoms with Crippen LogP contribution in [-0.4, -0.2) is 11.3 Å². The van der Waals surface area contributed by atoms with Gasteiger partial charge in [-0.3, -0.25) is 0 Å². The number of hydrogen-bond donors (Lipinski definition) is 1. The summed E-state index contributed by atoms with van der Waals surface area (Å²) in [5.41, 5.74) is 1.85. The van der Waals surface area contributed by atoms with E-state index in [2.05, 4.69) is 34.6 Å². The summed E-state index contributed by atoms with van der Waals surface area (Å²) in [7, 11) is 0. The fraction of sp³-hybridized carbons (Fsp3) is 0.0667. The van der Waals surface area contributed by atoms with Gasteiger partial charge in [0.05, 0.1) is 0 Å². The van der Waals surface area contributed by atoms with Crippen LogP contribution >= 0.6 is 12.2 Å². The van der Waals surface area contributed by atoms with Gasteiger partial charge < -0.3 is 5.32 Å². The molecule has 1 aliphatic heterocycles. The zero-order valence-electron chi connectivity index (χ0n) is 9.71. The minimum atomic E-state index is -0.431. The van der Waals surface area contributed by atoms with Crippen molar-refractivity contribution in [1.82, 2.24) is 5.32 Å². The van der Waals surface area contributed by atoms with Crippen molar-refractivity contribution in [2.45, 2.75) is 5.54 Å². The molecular formula is C15H12N2S. The van der Waals surface area contributed by atoms with Crippen LogP contribution in [0.25, 0.3) is 0 Å². The maximum Gasteiger partial charge on any atom is 0.193 e. The molecule has 0 radical (unpaired) electrons. The highest BCUT2D eigenvalue weighted by atomic mass is 32.1. The highest BCUT2D eigenvalue weighted by Gasteiger charge is 2.36. The fourth-order valence-corrected chi connectivity index (χ4v) is 2.46. The minimum absolute atomic E-state index is 0.431. The second-order valence-electron chi connectivity index (χ2n) is 4.23. The monoisotopic (exact) mass is 252 g/mol. The molecular weight excluding hydrogens is 240 g/mol. The molecule has 0 bridgehead atoms. The van der Waals surface area contributed by atoms with Crippen LogP contribution in [0.4, 0.5) is 0 Å². The smallest absolute Gasteiger partial charge is 0.193 e.